The molecule has 0 aromatic rings. The van der Waals surface area contributed by atoms with Crippen LogP contribution >= 0.6 is 0 Å². The quantitative estimate of drug-likeness (QED) is 0.328. The van der Waals surface area contributed by atoms with Crippen LogP contribution in [0.2, 0.25) is 0 Å². The summed E-state index contributed by atoms with van der Waals surface area (Å²) in [5.41, 5.74) is 0. The summed E-state index contributed by atoms with van der Waals surface area (Å²) >= 11 is 0. The molecule has 4 rings (SSSR count). The van der Waals surface area contributed by atoms with Crippen LogP contribution in [0.5, 0.6) is 0 Å². The summed E-state index contributed by atoms with van der Waals surface area (Å²) in [5, 5.41) is 29.5. The van der Waals surface area contributed by atoms with Gasteiger partial charge in [0.1, 0.15) is 0 Å². The number of rotatable bonds is 0. The molecule has 4 aliphatic heterocycles. The van der Waals surface area contributed by atoms with E-state index in [-0.39, 0.29) is 17.1 Å². The van der Waals surface area contributed by atoms with Crippen LogP contribution in [0, 0.1) is 42.5 Å². The van der Waals surface area contributed by atoms with Gasteiger partial charge in [-0.1, -0.05) is 12.8 Å². The molecule has 4 fully saturated rings. The molecule has 4 atom stereocenters. The van der Waals surface area contributed by atoms with Crippen LogP contribution < -0.4 is 0 Å². The Morgan fingerprint density at radius 2 is 1.04 bits per heavy atom. The normalized spacial score (nSPS) is 32.8. The van der Waals surface area contributed by atoms with Crippen molar-refractivity contribution in [2.75, 3.05) is 26.2 Å². The van der Waals surface area contributed by atoms with E-state index in [4.69, 9.17) is 30.6 Å². The van der Waals surface area contributed by atoms with Crippen LogP contribution in [0.3, 0.4) is 0 Å². The van der Waals surface area contributed by atoms with Gasteiger partial charge in [0, 0.05) is 25.2 Å². The van der Waals surface area contributed by atoms with E-state index in [1.54, 1.807) is 6.42 Å². The van der Waals surface area contributed by atoms with Gasteiger partial charge in [0.05, 0.1) is 10.2 Å². The average molecular weight is 422 g/mol. The first-order chi connectivity index (χ1) is 11.9. The van der Waals surface area contributed by atoms with E-state index in [0.29, 0.717) is 0 Å². The maximum Gasteiger partial charge on any atom is 2.00 e. The summed E-state index contributed by atoms with van der Waals surface area (Å²) in [4.78, 5) is 22.2. The number of hydrogen-bond donors (Lipinski definition) is 0. The van der Waals surface area contributed by atoms with E-state index in [9.17, 15) is 0 Å². The molecule has 153 valence electrons. The fourth-order valence-corrected chi connectivity index (χ4v) is 5.25. The van der Waals surface area contributed by atoms with Gasteiger partial charge in [0.15, 0.2) is 0 Å². The van der Waals surface area contributed by atoms with Gasteiger partial charge >= 0.3 is 17.1 Å². The van der Waals surface area contributed by atoms with E-state index in [2.05, 4.69) is 9.80 Å². The molecule has 0 saturated carbocycles. The van der Waals surface area contributed by atoms with Gasteiger partial charge in [-0.3, -0.25) is 9.80 Å². The molecule has 4 saturated heterocycles. The Labute approximate surface area is 163 Å². The Morgan fingerprint density at radius 3 is 1.38 bits per heavy atom. The van der Waals surface area contributed by atoms with Crippen LogP contribution in [-0.2, 0) is 17.1 Å². The largest absolute Gasteiger partial charge is 2.00 e. The summed E-state index contributed by atoms with van der Waals surface area (Å²) in [6.07, 6.45) is 10.5. The number of hydrogen-bond acceptors (Lipinski definition) is 8. The summed E-state index contributed by atoms with van der Waals surface area (Å²) in [6.45, 7) is 5.68. The maximum absolute atomic E-state index is 8.25. The zero-order valence-corrected chi connectivity index (χ0v) is 15.6. The van der Waals surface area contributed by atoms with Crippen LogP contribution in [0.4, 0.5) is 0 Å². The molecular weight excluding hydrogens is 396 g/mol. The molecule has 0 N–H and O–H groups in total. The Hall–Kier alpha value is -1.16. The van der Waals surface area contributed by atoms with Crippen molar-refractivity contribution in [3.63, 3.8) is 0 Å². The van der Waals surface area contributed by atoms with Gasteiger partial charge in [-0.25, -0.2) is 0 Å². The van der Waals surface area contributed by atoms with E-state index in [0.717, 1.165) is 23.9 Å². The van der Waals surface area contributed by atoms with E-state index < -0.39 is 10.2 Å². The molecule has 4 heterocycles. The summed E-state index contributed by atoms with van der Waals surface area (Å²) in [5.74, 6) is 2.03. The van der Waals surface area contributed by atoms with Crippen LogP contribution in [0.1, 0.15) is 44.9 Å². The van der Waals surface area contributed by atoms with Gasteiger partial charge in [-0.05, 0) is 57.0 Å². The fourth-order valence-electron chi connectivity index (χ4n) is 5.25. The van der Waals surface area contributed by atoms with Crippen molar-refractivity contribution >= 4 is 0 Å². The minimum atomic E-state index is -1.75. The van der Waals surface area contributed by atoms with Crippen molar-refractivity contribution in [3.05, 3.63) is 30.6 Å². The number of nitrogens with zero attached hydrogens (tertiary/aromatic N) is 4. The topological polar surface area (TPSA) is 139 Å². The number of piperidine rings is 4. The van der Waals surface area contributed by atoms with Gasteiger partial charge in [0.25, 0.3) is 0 Å². The monoisotopic (exact) mass is 421 g/mol. The standard InChI is InChI=1S/C15H26N2.Cu.2NO3/c1-3-7-16-11-13-9-12(14(16)5-1)10-17-8-4-2-6-15(13)17;;2*2-1(3)4/h12-15H,1-11H2;;;/q;+2;2*-1/t12-,13-,14+,15+;;;/m0.../s1. The Kier molecular flexibility index (Phi) is 9.56. The fraction of sp³-hybridized carbons (Fsp3) is 1.00. The van der Waals surface area contributed by atoms with E-state index in [1.165, 1.54) is 64.7 Å². The van der Waals surface area contributed by atoms with Crippen LogP contribution in [-0.4, -0.2) is 58.2 Å². The van der Waals surface area contributed by atoms with E-state index in [1.807, 2.05) is 0 Å². The van der Waals surface area contributed by atoms with Crippen molar-refractivity contribution in [1.29, 1.82) is 0 Å². The second-order valence-electron chi connectivity index (χ2n) is 7.32. The molecule has 0 unspecified atom stereocenters. The third-order valence-electron chi connectivity index (χ3n) is 5.96. The van der Waals surface area contributed by atoms with Crippen molar-refractivity contribution in [2.24, 2.45) is 11.8 Å². The summed E-state index contributed by atoms with van der Waals surface area (Å²) in [7, 11) is 0. The molecule has 11 heteroatoms. The molecule has 26 heavy (non-hydrogen) atoms. The molecule has 10 nitrogen and oxygen atoms in total. The van der Waals surface area contributed by atoms with Crippen LogP contribution in [0.25, 0.3) is 0 Å². The Balaban J connectivity index is 0.000000324. The smallest absolute Gasteiger partial charge is 0.356 e. The van der Waals surface area contributed by atoms with Gasteiger partial charge in [0.2, 0.25) is 0 Å². The Bertz CT molecular complexity index is 423. The number of fused-ring (bicyclic) bond motifs is 6. The third-order valence-corrected chi connectivity index (χ3v) is 5.96. The first kappa shape index (κ1) is 22.9. The molecule has 4 aliphatic rings. The molecule has 2 bridgehead atoms. The van der Waals surface area contributed by atoms with Crippen LogP contribution in [0.15, 0.2) is 0 Å². The van der Waals surface area contributed by atoms with Gasteiger partial charge in [-0.2, -0.15) is 0 Å². The third kappa shape index (κ3) is 6.53. The molecule has 0 spiro atoms. The molecule has 0 amide bonds. The second kappa shape index (κ2) is 10.9. The minimum Gasteiger partial charge on any atom is -0.356 e. The van der Waals surface area contributed by atoms with Crippen molar-refractivity contribution in [3.8, 4) is 0 Å². The predicted octanol–water partition coefficient (Wildman–Crippen LogP) is 1.86. The Morgan fingerprint density at radius 1 is 0.692 bits per heavy atom. The molecular formula is C15H26CuN4O6. The van der Waals surface area contributed by atoms with Gasteiger partial charge < -0.3 is 30.6 Å². The van der Waals surface area contributed by atoms with Crippen molar-refractivity contribution < 1.29 is 27.2 Å². The van der Waals surface area contributed by atoms with Crippen molar-refractivity contribution in [2.45, 2.75) is 57.0 Å². The van der Waals surface area contributed by atoms with Crippen molar-refractivity contribution in [1.82, 2.24) is 9.80 Å². The molecule has 0 aromatic heterocycles. The van der Waals surface area contributed by atoms with E-state index >= 15 is 0 Å². The zero-order chi connectivity index (χ0) is 18.4. The average Bonchev–Trinajstić information content (AvgIpc) is 2.54. The second-order valence-corrected chi connectivity index (χ2v) is 7.32. The predicted molar refractivity (Wildman–Crippen MR) is 90.7 cm³/mol. The molecule has 0 aromatic carbocycles. The first-order valence-corrected chi connectivity index (χ1v) is 8.99. The first-order valence-electron chi connectivity index (χ1n) is 8.99. The molecule has 0 aliphatic carbocycles. The maximum atomic E-state index is 8.25. The summed E-state index contributed by atoms with van der Waals surface area (Å²) < 4.78 is 0. The minimum absolute atomic E-state index is 0. The SMILES string of the molecule is C1CCN2C[C@@H]3C[C@@H](CN4CCCC[C@H]34)[C@H]2C1.O=[N+]([O-])[O-].O=[N+]([O-])[O-].[Cu+2]. The zero-order valence-electron chi connectivity index (χ0n) is 14.6. The molecule has 1 radical (unpaired) electrons. The summed E-state index contributed by atoms with van der Waals surface area (Å²) in [6, 6.07) is 1.92. The van der Waals surface area contributed by atoms with Gasteiger partial charge in [-0.15, -0.1) is 0 Å².